The second-order valence-electron chi connectivity index (χ2n) is 10.8. The summed E-state index contributed by atoms with van der Waals surface area (Å²) in [6.45, 7) is 0. The van der Waals surface area contributed by atoms with E-state index in [9.17, 15) is 4.11 Å². The molecule has 0 spiro atoms. The van der Waals surface area contributed by atoms with E-state index >= 15 is 0 Å². The molecule has 1 heteroatoms. The molecular formula is C44H28O. The van der Waals surface area contributed by atoms with Crippen molar-refractivity contribution in [3.05, 3.63) is 170 Å². The molecule has 0 N–H and O–H groups in total. The quantitative estimate of drug-likeness (QED) is 0.188. The molecule has 0 saturated heterocycles. The lowest BCUT2D eigenvalue weighted by molar-refractivity contribution is 0.669. The van der Waals surface area contributed by atoms with Crippen LogP contribution in [0.15, 0.2) is 174 Å². The third-order valence-corrected chi connectivity index (χ3v) is 8.22. The van der Waals surface area contributed by atoms with Crippen molar-refractivity contribution in [1.82, 2.24) is 0 Å². The van der Waals surface area contributed by atoms with Crippen LogP contribution in [0.1, 0.15) is 15.1 Å². The average Bonchev–Trinajstić information content (AvgIpc) is 3.64. The molecule has 8 aromatic carbocycles. The maximum atomic E-state index is 9.58. The van der Waals surface area contributed by atoms with Crippen LogP contribution < -0.4 is 0 Å². The summed E-state index contributed by atoms with van der Waals surface area (Å²) in [5, 5.41) is 3.00. The van der Waals surface area contributed by atoms with Crippen molar-refractivity contribution in [2.75, 3.05) is 0 Å². The first-order chi connectivity index (χ1) is 26.9. The van der Waals surface area contributed by atoms with Gasteiger partial charge in [-0.2, -0.15) is 0 Å². The summed E-state index contributed by atoms with van der Waals surface area (Å²) in [4.78, 5) is 0. The lowest BCUT2D eigenvalue weighted by Gasteiger charge is -2.18. The molecule has 1 nitrogen and oxygen atoms in total. The van der Waals surface area contributed by atoms with Crippen LogP contribution in [0.2, 0.25) is 0 Å². The number of benzene rings is 8. The molecule has 0 amide bonds. The van der Waals surface area contributed by atoms with E-state index in [1.807, 2.05) is 66.7 Å². The zero-order chi connectivity index (χ0) is 39.3. The third kappa shape index (κ3) is 4.24. The van der Waals surface area contributed by atoms with E-state index in [0.717, 1.165) is 43.8 Å². The van der Waals surface area contributed by atoms with Crippen molar-refractivity contribution in [1.29, 1.82) is 0 Å². The Morgan fingerprint density at radius 2 is 0.800 bits per heavy atom. The molecule has 1 aromatic heterocycles. The molecule has 0 fully saturated rings. The first-order valence-corrected chi connectivity index (χ1v) is 14.5. The highest BCUT2D eigenvalue weighted by molar-refractivity contribution is 6.22. The summed E-state index contributed by atoms with van der Waals surface area (Å²) in [5.74, 6) is 0. The van der Waals surface area contributed by atoms with Gasteiger partial charge in [-0.1, -0.05) is 145 Å². The Morgan fingerprint density at radius 1 is 0.333 bits per heavy atom. The smallest absolute Gasteiger partial charge is 0.136 e. The topological polar surface area (TPSA) is 13.1 Å². The molecule has 0 unspecified atom stereocenters. The lowest BCUT2D eigenvalue weighted by atomic mass is 9.85. The summed E-state index contributed by atoms with van der Waals surface area (Å²) < 4.78 is 103. The van der Waals surface area contributed by atoms with E-state index in [2.05, 4.69) is 36.4 Å². The first-order valence-electron chi connectivity index (χ1n) is 20.0. The second-order valence-corrected chi connectivity index (χ2v) is 10.8. The van der Waals surface area contributed by atoms with Crippen LogP contribution in [0.4, 0.5) is 0 Å². The molecule has 0 aliphatic carbocycles. The summed E-state index contributed by atoms with van der Waals surface area (Å²) in [5.41, 5.74) is 3.51. The number of rotatable bonds is 4. The van der Waals surface area contributed by atoms with E-state index in [0.29, 0.717) is 5.56 Å². The normalized spacial score (nSPS) is 15.0. The van der Waals surface area contributed by atoms with Gasteiger partial charge in [0, 0.05) is 10.8 Å². The van der Waals surface area contributed by atoms with Crippen molar-refractivity contribution in [3.8, 4) is 44.5 Å². The number of furan rings is 1. The lowest BCUT2D eigenvalue weighted by Crippen LogP contribution is -1.91. The summed E-state index contributed by atoms with van der Waals surface area (Å²) in [6, 6.07) is 28.1. The van der Waals surface area contributed by atoms with Gasteiger partial charge in [-0.15, -0.1) is 0 Å². The molecule has 0 aliphatic rings. The Hall–Kier alpha value is -5.92. The molecule has 45 heavy (non-hydrogen) atoms. The van der Waals surface area contributed by atoms with Crippen LogP contribution in [-0.4, -0.2) is 0 Å². The Balaban J connectivity index is 1.33. The highest BCUT2D eigenvalue weighted by atomic mass is 16.3. The van der Waals surface area contributed by atoms with Gasteiger partial charge in [0.05, 0.1) is 15.1 Å². The molecule has 9 aromatic rings. The monoisotopic (exact) mass is 583 g/mol. The van der Waals surface area contributed by atoms with Gasteiger partial charge < -0.3 is 4.42 Å². The van der Waals surface area contributed by atoms with Crippen molar-refractivity contribution >= 4 is 43.5 Å². The highest BCUT2D eigenvalue weighted by Crippen LogP contribution is 2.45. The zero-order valence-corrected chi connectivity index (χ0v) is 23.7. The van der Waals surface area contributed by atoms with Crippen molar-refractivity contribution in [2.45, 2.75) is 0 Å². The maximum Gasteiger partial charge on any atom is 0.136 e. The molecule has 0 radical (unpaired) electrons. The van der Waals surface area contributed by atoms with E-state index in [1.165, 1.54) is 0 Å². The van der Waals surface area contributed by atoms with Crippen LogP contribution >= 0.6 is 0 Å². The van der Waals surface area contributed by atoms with Gasteiger partial charge in [0.15, 0.2) is 0 Å². The van der Waals surface area contributed by atoms with Crippen LogP contribution in [0.5, 0.6) is 0 Å². The van der Waals surface area contributed by atoms with Crippen molar-refractivity contribution in [2.24, 2.45) is 0 Å². The second kappa shape index (κ2) is 10.4. The SMILES string of the molecule is [2H]c1c([2H])c([2H])c(-c2c([2H])c([2H])c3c(oc4c([2H])c(-c5c6ccccc6c(-c6ccc(-c7ccccc7)cc6)c6ccccc56)c([2H])c([2H])c43)c2[2H])c([2H])c1[2H]. The number of hydrogen-bond acceptors (Lipinski definition) is 1. The molecule has 1 heterocycles. The fourth-order valence-electron chi connectivity index (χ4n) is 6.18. The van der Waals surface area contributed by atoms with Crippen LogP contribution in [0, 0.1) is 0 Å². The fraction of sp³-hybridized carbons (Fsp3) is 0. The van der Waals surface area contributed by atoms with Gasteiger partial charge in [0.25, 0.3) is 0 Å². The Kier molecular flexibility index (Phi) is 3.87. The van der Waals surface area contributed by atoms with Crippen LogP contribution in [0.3, 0.4) is 0 Å². The molecular weight excluding hydrogens is 544 g/mol. The molecule has 0 bridgehead atoms. The zero-order valence-electron chi connectivity index (χ0n) is 34.7. The number of hydrogen-bond donors (Lipinski definition) is 0. The van der Waals surface area contributed by atoms with Crippen molar-refractivity contribution < 1.29 is 19.5 Å². The van der Waals surface area contributed by atoms with E-state index in [-0.39, 0.29) is 45.6 Å². The first kappa shape index (κ1) is 16.8. The predicted molar refractivity (Wildman–Crippen MR) is 190 cm³/mol. The van der Waals surface area contributed by atoms with Gasteiger partial charge in [0.2, 0.25) is 0 Å². The van der Waals surface area contributed by atoms with E-state index in [1.54, 1.807) is 0 Å². The Morgan fingerprint density at radius 3 is 1.40 bits per heavy atom. The predicted octanol–water partition coefficient (Wildman–Crippen LogP) is 12.6. The summed E-state index contributed by atoms with van der Waals surface area (Å²) in [7, 11) is 0. The molecule has 210 valence electrons. The average molecular weight is 584 g/mol. The maximum absolute atomic E-state index is 9.58. The van der Waals surface area contributed by atoms with Gasteiger partial charge in [-0.25, -0.2) is 0 Å². The standard InChI is InChI=1S/C44H28O/c1-3-11-29(12-4-1)31-19-21-32(22-20-31)43-37-15-7-9-17-39(37)44(40-18-10-8-16-38(40)43)34-24-26-36-35-25-23-33(30-13-5-2-6-14-30)27-41(35)45-42(36)28-34/h1-28H/i2D,5D,6D,13D,14D,23D,24D,25D,26D,27D,28D. The molecule has 0 aliphatic heterocycles. The minimum absolute atomic E-state index is 0.0814. The summed E-state index contributed by atoms with van der Waals surface area (Å²) >= 11 is 0. The Labute approximate surface area is 277 Å². The fourth-order valence-corrected chi connectivity index (χ4v) is 6.18. The van der Waals surface area contributed by atoms with Crippen molar-refractivity contribution in [3.63, 3.8) is 0 Å². The molecule has 0 saturated carbocycles. The summed E-state index contributed by atoms with van der Waals surface area (Å²) in [6.07, 6.45) is 0. The molecule has 0 atom stereocenters. The van der Waals surface area contributed by atoms with Gasteiger partial charge in [-0.05, 0) is 90.2 Å². The highest BCUT2D eigenvalue weighted by Gasteiger charge is 2.18. The molecule has 9 rings (SSSR count). The minimum Gasteiger partial charge on any atom is -0.456 e. The third-order valence-electron chi connectivity index (χ3n) is 8.22. The van der Waals surface area contributed by atoms with E-state index in [4.69, 9.17) is 15.4 Å². The van der Waals surface area contributed by atoms with Gasteiger partial charge >= 0.3 is 0 Å². The van der Waals surface area contributed by atoms with E-state index < -0.39 is 59.5 Å². The Bertz CT molecular complexity index is 3050. The van der Waals surface area contributed by atoms with Crippen LogP contribution in [0.25, 0.3) is 88.0 Å². The van der Waals surface area contributed by atoms with Gasteiger partial charge in [0.1, 0.15) is 11.2 Å². The number of fused-ring (bicyclic) bond motifs is 5. The van der Waals surface area contributed by atoms with Crippen LogP contribution in [-0.2, 0) is 0 Å². The minimum atomic E-state index is -0.656. The largest absolute Gasteiger partial charge is 0.456 e. The van der Waals surface area contributed by atoms with Gasteiger partial charge in [-0.3, -0.25) is 0 Å².